The van der Waals surface area contributed by atoms with E-state index < -0.39 is 0 Å². The first-order valence-electron chi connectivity index (χ1n) is 6.24. The molecule has 4 heteroatoms. The van der Waals surface area contributed by atoms with Crippen LogP contribution in [0.4, 0.5) is 0 Å². The molecule has 0 aromatic carbocycles. The predicted octanol–water partition coefficient (Wildman–Crippen LogP) is 2.42. The van der Waals surface area contributed by atoms with Crippen LogP contribution in [0.2, 0.25) is 0 Å². The Bertz CT molecular complexity index is 261. The summed E-state index contributed by atoms with van der Waals surface area (Å²) in [5.74, 6) is 11.4. The summed E-state index contributed by atoms with van der Waals surface area (Å²) in [5, 5.41) is 1.50. The van der Waals surface area contributed by atoms with Crippen molar-refractivity contribution in [2.45, 2.75) is 67.9 Å². The Morgan fingerprint density at radius 3 is 1.35 bits per heavy atom. The van der Waals surface area contributed by atoms with E-state index in [0.29, 0.717) is 0 Å². The lowest BCUT2D eigenvalue weighted by atomic mass is 9.50. The molecule has 0 spiro atoms. The highest BCUT2D eigenvalue weighted by Crippen LogP contribution is 2.56. The third-order valence-electron chi connectivity index (χ3n) is 5.71. The van der Waals surface area contributed by atoms with E-state index in [1.807, 2.05) is 0 Å². The summed E-state index contributed by atoms with van der Waals surface area (Å²) in [6.07, 6.45) is 0. The zero-order valence-electron chi connectivity index (χ0n) is 13.1. The molecule has 0 radical (unpaired) electrons. The molecular weight excluding hydrogens is 212 g/mol. The van der Waals surface area contributed by atoms with Crippen molar-refractivity contribution < 1.29 is 0 Å². The summed E-state index contributed by atoms with van der Waals surface area (Å²) in [5.41, 5.74) is 2.48. The number of nitrogens with two attached hydrogens (primary N) is 2. The first-order valence-corrected chi connectivity index (χ1v) is 6.24. The molecule has 0 aromatic heterocycles. The molecule has 0 saturated carbocycles. The number of hydrazine groups is 3. The Labute approximate surface area is 107 Å². The van der Waals surface area contributed by atoms with Crippen LogP contribution in [0.15, 0.2) is 0 Å². The Balaban J connectivity index is 5.55. The van der Waals surface area contributed by atoms with Gasteiger partial charge in [-0.2, -0.15) is 10.7 Å². The highest BCUT2D eigenvalue weighted by Gasteiger charge is 2.54. The molecule has 17 heavy (non-hydrogen) atoms. The summed E-state index contributed by atoms with van der Waals surface area (Å²) in [6, 6.07) is 0. The van der Waals surface area contributed by atoms with Crippen molar-refractivity contribution >= 4 is 0 Å². The van der Waals surface area contributed by atoms with Gasteiger partial charge in [0.05, 0.1) is 5.54 Å². The normalized spacial score (nSPS) is 15.5. The van der Waals surface area contributed by atoms with Crippen LogP contribution in [-0.2, 0) is 0 Å². The zero-order chi connectivity index (χ0) is 14.3. The molecule has 0 amide bonds. The molecule has 0 atom stereocenters. The predicted molar refractivity (Wildman–Crippen MR) is 74.4 cm³/mol. The highest BCUT2D eigenvalue weighted by molar-refractivity contribution is 5.04. The van der Waals surface area contributed by atoms with Crippen LogP contribution in [0, 0.1) is 16.2 Å². The van der Waals surface area contributed by atoms with Crippen LogP contribution in [-0.4, -0.2) is 10.7 Å². The Kier molecular flexibility index (Phi) is 4.46. The van der Waals surface area contributed by atoms with Crippen molar-refractivity contribution in [3.05, 3.63) is 0 Å². The van der Waals surface area contributed by atoms with Gasteiger partial charge in [-0.3, -0.25) is 11.7 Å². The Morgan fingerprint density at radius 1 is 0.765 bits per heavy atom. The minimum Gasteiger partial charge on any atom is -0.256 e. The van der Waals surface area contributed by atoms with Crippen LogP contribution in [0.25, 0.3) is 0 Å². The molecule has 0 bridgehead atoms. The van der Waals surface area contributed by atoms with E-state index in [4.69, 9.17) is 11.7 Å². The van der Waals surface area contributed by atoms with E-state index in [9.17, 15) is 0 Å². The van der Waals surface area contributed by atoms with Gasteiger partial charge in [-0.1, -0.05) is 48.5 Å². The van der Waals surface area contributed by atoms with Crippen molar-refractivity contribution in [2.24, 2.45) is 27.9 Å². The second-order valence-corrected chi connectivity index (χ2v) is 7.56. The van der Waals surface area contributed by atoms with Gasteiger partial charge in [0.15, 0.2) is 0 Å². The van der Waals surface area contributed by atoms with E-state index >= 15 is 0 Å². The van der Waals surface area contributed by atoms with Gasteiger partial charge in [0, 0.05) is 0 Å². The molecule has 104 valence electrons. The topological polar surface area (TPSA) is 67.3 Å². The largest absolute Gasteiger partial charge is 0.256 e. The van der Waals surface area contributed by atoms with Gasteiger partial charge in [-0.05, 0) is 30.1 Å². The highest BCUT2D eigenvalue weighted by atomic mass is 15.8. The summed E-state index contributed by atoms with van der Waals surface area (Å²) in [7, 11) is 0. The minimum atomic E-state index is -0.279. The van der Waals surface area contributed by atoms with Gasteiger partial charge >= 0.3 is 0 Å². The first-order chi connectivity index (χ1) is 7.23. The van der Waals surface area contributed by atoms with Crippen molar-refractivity contribution in [3.63, 3.8) is 0 Å². The van der Waals surface area contributed by atoms with Crippen molar-refractivity contribution in [1.82, 2.24) is 10.7 Å². The molecule has 0 rings (SSSR count). The standard InChI is InChI=1S/C13H32N4/c1-10(2,3)11(4,5)12(6,7)13(8,9)17(15)16-14/h16H,14-15H2,1-9H3. The lowest BCUT2D eigenvalue weighted by Gasteiger charge is -2.59. The van der Waals surface area contributed by atoms with Crippen LogP contribution in [0.1, 0.15) is 62.3 Å². The molecule has 0 fully saturated rings. The van der Waals surface area contributed by atoms with Gasteiger partial charge < -0.3 is 0 Å². The Hall–Kier alpha value is -0.160. The number of hydrogen-bond acceptors (Lipinski definition) is 4. The lowest BCUT2D eigenvalue weighted by Crippen LogP contribution is -2.68. The fraction of sp³-hybridized carbons (Fsp3) is 1.00. The summed E-state index contributed by atoms with van der Waals surface area (Å²) in [6.45, 7) is 20.1. The van der Waals surface area contributed by atoms with Gasteiger partial charge in [-0.25, -0.2) is 0 Å². The third kappa shape index (κ3) is 2.50. The minimum absolute atomic E-state index is 0.0423. The number of rotatable bonds is 4. The Morgan fingerprint density at radius 2 is 1.12 bits per heavy atom. The molecule has 0 aromatic rings. The molecule has 0 aliphatic rings. The average molecular weight is 244 g/mol. The second-order valence-electron chi connectivity index (χ2n) is 7.56. The molecule has 0 heterocycles. The quantitative estimate of drug-likeness (QED) is 0.525. The maximum Gasteiger partial charge on any atom is 0.0520 e. The van der Waals surface area contributed by atoms with Crippen LogP contribution in [0.3, 0.4) is 0 Å². The summed E-state index contributed by atoms with van der Waals surface area (Å²) >= 11 is 0. The van der Waals surface area contributed by atoms with E-state index in [0.717, 1.165) is 0 Å². The average Bonchev–Trinajstić information content (AvgIpc) is 2.13. The van der Waals surface area contributed by atoms with Crippen LogP contribution >= 0.6 is 0 Å². The maximum absolute atomic E-state index is 5.97. The number of hydrogen-bond donors (Lipinski definition) is 3. The van der Waals surface area contributed by atoms with E-state index in [2.05, 4.69) is 67.8 Å². The summed E-state index contributed by atoms with van der Waals surface area (Å²) in [4.78, 5) is 0. The van der Waals surface area contributed by atoms with Crippen LogP contribution in [0.5, 0.6) is 0 Å². The molecule has 0 unspecified atom stereocenters. The molecular formula is C13H32N4. The first kappa shape index (κ1) is 16.8. The molecule has 0 aliphatic carbocycles. The van der Waals surface area contributed by atoms with E-state index in [1.54, 1.807) is 0 Å². The lowest BCUT2D eigenvalue weighted by molar-refractivity contribution is -0.128. The monoisotopic (exact) mass is 244 g/mol. The van der Waals surface area contributed by atoms with Crippen molar-refractivity contribution in [3.8, 4) is 0 Å². The van der Waals surface area contributed by atoms with E-state index in [-0.39, 0.29) is 21.8 Å². The molecule has 4 nitrogen and oxygen atoms in total. The molecule has 0 saturated heterocycles. The second kappa shape index (κ2) is 4.50. The van der Waals surface area contributed by atoms with Gasteiger partial charge in [-0.15, -0.1) is 0 Å². The number of nitrogens with zero attached hydrogens (tertiary/aromatic N) is 1. The number of nitrogens with one attached hydrogen (secondary N) is 1. The SMILES string of the molecule is CC(C)(C)C(C)(C)C(C)(C)C(C)(C)N(N)NN. The van der Waals surface area contributed by atoms with Crippen LogP contribution < -0.4 is 17.2 Å². The zero-order valence-corrected chi connectivity index (χ0v) is 13.1. The third-order valence-corrected chi connectivity index (χ3v) is 5.71. The van der Waals surface area contributed by atoms with Gasteiger partial charge in [0.25, 0.3) is 0 Å². The molecule has 0 aliphatic heterocycles. The van der Waals surface area contributed by atoms with Crippen molar-refractivity contribution in [2.75, 3.05) is 0 Å². The fourth-order valence-corrected chi connectivity index (χ4v) is 2.16. The van der Waals surface area contributed by atoms with E-state index in [1.165, 1.54) is 5.12 Å². The van der Waals surface area contributed by atoms with Gasteiger partial charge in [0.1, 0.15) is 0 Å². The molecule has 5 N–H and O–H groups in total. The van der Waals surface area contributed by atoms with Gasteiger partial charge in [0.2, 0.25) is 0 Å². The fourth-order valence-electron chi connectivity index (χ4n) is 2.16. The van der Waals surface area contributed by atoms with Crippen molar-refractivity contribution in [1.29, 1.82) is 0 Å². The summed E-state index contributed by atoms with van der Waals surface area (Å²) < 4.78 is 0. The smallest absolute Gasteiger partial charge is 0.0520 e. The maximum atomic E-state index is 5.97.